The molecule has 2 aromatic heterocycles. The summed E-state index contributed by atoms with van der Waals surface area (Å²) >= 11 is 2.76. The molecule has 0 radical (unpaired) electrons. The molecule has 1 unspecified atom stereocenters. The van der Waals surface area contributed by atoms with Gasteiger partial charge in [0.25, 0.3) is 5.91 Å². The number of aromatic nitrogens is 1. The van der Waals surface area contributed by atoms with Crippen molar-refractivity contribution in [1.82, 2.24) is 10.3 Å². The highest BCUT2D eigenvalue weighted by molar-refractivity contribution is 7.22. The molecule has 3 rings (SSSR count). The Morgan fingerprint density at radius 3 is 2.45 bits per heavy atom. The van der Waals surface area contributed by atoms with E-state index in [1.165, 1.54) is 29.6 Å². The molecule has 0 aliphatic heterocycles. The number of carbonyl (C=O) groups excluding carboxylic acids is 3. The first kappa shape index (κ1) is 22.6. The molecule has 162 valence electrons. The van der Waals surface area contributed by atoms with Gasteiger partial charge in [-0.2, -0.15) is 0 Å². The van der Waals surface area contributed by atoms with Crippen molar-refractivity contribution in [2.45, 2.75) is 33.8 Å². The Morgan fingerprint density at radius 1 is 1.10 bits per heavy atom. The highest BCUT2D eigenvalue weighted by atomic mass is 32.1. The predicted octanol–water partition coefficient (Wildman–Crippen LogP) is 4.10. The number of amides is 2. The number of ether oxygens (including phenoxy) is 1. The van der Waals surface area contributed by atoms with Crippen LogP contribution in [0, 0.1) is 20.8 Å². The molecule has 3 aromatic rings. The Labute approximate surface area is 188 Å². The highest BCUT2D eigenvalue weighted by Gasteiger charge is 2.23. The molecule has 1 atom stereocenters. The van der Waals surface area contributed by atoms with Gasteiger partial charge in [0.1, 0.15) is 9.88 Å². The van der Waals surface area contributed by atoms with Gasteiger partial charge < -0.3 is 15.4 Å². The van der Waals surface area contributed by atoms with E-state index >= 15 is 0 Å². The van der Waals surface area contributed by atoms with Crippen LogP contribution in [0.1, 0.15) is 33.4 Å². The number of nitrogens with one attached hydrogen (secondary N) is 2. The van der Waals surface area contributed by atoms with Crippen LogP contribution in [0.4, 0.5) is 5.69 Å². The van der Waals surface area contributed by atoms with Crippen molar-refractivity contribution in [3.63, 3.8) is 0 Å². The zero-order valence-corrected chi connectivity index (χ0v) is 19.3. The van der Waals surface area contributed by atoms with E-state index in [1.54, 1.807) is 6.92 Å². The van der Waals surface area contributed by atoms with Crippen LogP contribution in [0.25, 0.3) is 9.88 Å². The molecule has 1 aromatic carbocycles. The highest BCUT2D eigenvalue weighted by Crippen LogP contribution is 2.31. The summed E-state index contributed by atoms with van der Waals surface area (Å²) in [5.74, 6) is -1.52. The number of thiophene rings is 1. The van der Waals surface area contributed by atoms with Crippen LogP contribution in [0.15, 0.2) is 35.7 Å². The van der Waals surface area contributed by atoms with E-state index < -0.39 is 18.0 Å². The number of benzene rings is 1. The lowest BCUT2D eigenvalue weighted by Crippen LogP contribution is -2.40. The number of para-hydroxylation sites is 1. The summed E-state index contributed by atoms with van der Waals surface area (Å²) < 4.78 is 5.29. The summed E-state index contributed by atoms with van der Waals surface area (Å²) in [6.07, 6.45) is -1.05. The maximum absolute atomic E-state index is 12.5. The Balaban J connectivity index is 1.53. The van der Waals surface area contributed by atoms with E-state index in [9.17, 15) is 14.4 Å². The van der Waals surface area contributed by atoms with Gasteiger partial charge in [-0.3, -0.25) is 9.59 Å². The second-order valence-corrected chi connectivity index (χ2v) is 8.94. The molecule has 0 aliphatic rings. The smallest absolute Gasteiger partial charge is 0.351 e. The summed E-state index contributed by atoms with van der Waals surface area (Å²) in [5.41, 5.74) is 3.15. The predicted molar refractivity (Wildman–Crippen MR) is 123 cm³/mol. The fraction of sp³-hybridized carbons (Fsp3) is 0.273. The zero-order chi connectivity index (χ0) is 22.5. The van der Waals surface area contributed by atoms with Gasteiger partial charge in [-0.15, -0.1) is 22.7 Å². The Morgan fingerprint density at radius 2 is 1.81 bits per heavy atom. The minimum atomic E-state index is -1.05. The molecule has 31 heavy (non-hydrogen) atoms. The lowest BCUT2D eigenvalue weighted by atomic mass is 10.1. The number of hydrogen-bond donors (Lipinski definition) is 2. The lowest BCUT2D eigenvalue weighted by Gasteiger charge is -2.14. The molecular formula is C22H23N3O4S2. The van der Waals surface area contributed by atoms with E-state index in [4.69, 9.17) is 4.74 Å². The number of rotatable bonds is 7. The van der Waals surface area contributed by atoms with Crippen LogP contribution in [0.2, 0.25) is 0 Å². The molecule has 7 nitrogen and oxygen atoms in total. The number of anilines is 1. The molecule has 2 N–H and O–H groups in total. The number of aryl methyl sites for hydroxylation is 3. The van der Waals surface area contributed by atoms with Crippen molar-refractivity contribution in [2.24, 2.45) is 0 Å². The maximum Gasteiger partial charge on any atom is 0.351 e. The van der Waals surface area contributed by atoms with Crippen LogP contribution in [0.5, 0.6) is 0 Å². The van der Waals surface area contributed by atoms with Crippen LogP contribution < -0.4 is 10.6 Å². The molecular weight excluding hydrogens is 434 g/mol. The van der Waals surface area contributed by atoms with Crippen LogP contribution >= 0.6 is 22.7 Å². The summed E-state index contributed by atoms with van der Waals surface area (Å²) in [6, 6.07) is 9.55. The number of nitrogens with zero attached hydrogens (tertiary/aromatic N) is 1. The normalized spacial score (nSPS) is 11.6. The average Bonchev–Trinajstić information content (AvgIpc) is 3.38. The van der Waals surface area contributed by atoms with E-state index in [1.807, 2.05) is 49.6 Å². The quantitative estimate of drug-likeness (QED) is 0.521. The minimum absolute atomic E-state index is 0.226. The third-order valence-corrected chi connectivity index (χ3v) is 6.71. The topological polar surface area (TPSA) is 97.4 Å². The third-order valence-electron chi connectivity index (χ3n) is 4.54. The van der Waals surface area contributed by atoms with E-state index in [2.05, 4.69) is 15.6 Å². The molecule has 0 bridgehead atoms. The van der Waals surface area contributed by atoms with Crippen molar-refractivity contribution in [3.05, 3.63) is 57.4 Å². The fourth-order valence-electron chi connectivity index (χ4n) is 2.87. The summed E-state index contributed by atoms with van der Waals surface area (Å²) in [7, 11) is 0. The van der Waals surface area contributed by atoms with Gasteiger partial charge in [0.15, 0.2) is 6.10 Å². The van der Waals surface area contributed by atoms with Gasteiger partial charge in [0.2, 0.25) is 5.91 Å². The van der Waals surface area contributed by atoms with Gasteiger partial charge in [0, 0.05) is 5.69 Å². The van der Waals surface area contributed by atoms with Crippen molar-refractivity contribution in [2.75, 3.05) is 11.9 Å². The molecule has 0 saturated heterocycles. The summed E-state index contributed by atoms with van der Waals surface area (Å²) in [6.45, 7) is 6.76. The first-order valence-corrected chi connectivity index (χ1v) is 11.3. The average molecular weight is 458 g/mol. The van der Waals surface area contributed by atoms with Crippen molar-refractivity contribution in [3.8, 4) is 9.88 Å². The number of esters is 1. The molecule has 0 aliphatic carbocycles. The summed E-state index contributed by atoms with van der Waals surface area (Å²) in [5, 5.41) is 7.97. The van der Waals surface area contributed by atoms with Crippen molar-refractivity contribution < 1.29 is 19.1 Å². The second kappa shape index (κ2) is 9.84. The molecule has 0 saturated carbocycles. The summed E-state index contributed by atoms with van der Waals surface area (Å²) in [4.78, 5) is 42.8. The molecule has 2 heterocycles. The molecule has 0 spiro atoms. The molecule has 0 fully saturated rings. The van der Waals surface area contributed by atoms with Gasteiger partial charge >= 0.3 is 5.97 Å². The Hall–Kier alpha value is -3.04. The first-order valence-electron chi connectivity index (χ1n) is 9.62. The standard InChI is InChI=1S/C22H23N3O4S2/c1-12-7-5-8-13(2)18(12)25-17(26)11-23-20(27)15(4)29-22(28)19-14(3)24-21(31-19)16-9-6-10-30-16/h5-10,15H,11H2,1-4H3,(H,23,27)(H,25,26). The monoisotopic (exact) mass is 457 g/mol. The zero-order valence-electron chi connectivity index (χ0n) is 17.6. The van der Waals surface area contributed by atoms with Gasteiger partial charge in [0.05, 0.1) is 17.1 Å². The van der Waals surface area contributed by atoms with E-state index in [0.29, 0.717) is 10.6 Å². The van der Waals surface area contributed by atoms with E-state index in [0.717, 1.165) is 26.7 Å². The third kappa shape index (κ3) is 5.56. The largest absolute Gasteiger partial charge is 0.448 e. The SMILES string of the molecule is Cc1cccc(C)c1NC(=O)CNC(=O)C(C)OC(=O)c1sc(-c2cccs2)nc1C. The van der Waals surface area contributed by atoms with Gasteiger partial charge in [-0.25, -0.2) is 9.78 Å². The Kier molecular flexibility index (Phi) is 7.19. The fourth-order valence-corrected chi connectivity index (χ4v) is 4.61. The van der Waals surface area contributed by atoms with Gasteiger partial charge in [-0.1, -0.05) is 24.3 Å². The Bertz CT molecular complexity index is 1090. The maximum atomic E-state index is 12.5. The van der Waals surface area contributed by atoms with Crippen LogP contribution in [-0.4, -0.2) is 35.4 Å². The first-order chi connectivity index (χ1) is 14.8. The molecule has 2 amide bonds. The lowest BCUT2D eigenvalue weighted by molar-refractivity contribution is -0.130. The number of carbonyl (C=O) groups is 3. The minimum Gasteiger partial charge on any atom is -0.448 e. The van der Waals surface area contributed by atoms with Crippen LogP contribution in [0.3, 0.4) is 0 Å². The van der Waals surface area contributed by atoms with Crippen molar-refractivity contribution >= 4 is 46.1 Å². The number of thiazole rings is 1. The van der Waals surface area contributed by atoms with Gasteiger partial charge in [-0.05, 0) is 50.3 Å². The number of hydrogen-bond acceptors (Lipinski definition) is 7. The van der Waals surface area contributed by atoms with Crippen LogP contribution in [-0.2, 0) is 14.3 Å². The van der Waals surface area contributed by atoms with E-state index in [-0.39, 0.29) is 12.5 Å². The second-order valence-electron chi connectivity index (χ2n) is 6.99. The van der Waals surface area contributed by atoms with Crippen molar-refractivity contribution in [1.29, 1.82) is 0 Å². The molecule has 9 heteroatoms.